The predicted octanol–water partition coefficient (Wildman–Crippen LogP) is 3.38. The van der Waals surface area contributed by atoms with E-state index in [1.807, 2.05) is 0 Å². The maximum atomic E-state index is 11.1. The first kappa shape index (κ1) is 16.4. The summed E-state index contributed by atoms with van der Waals surface area (Å²) in [5.74, 6) is 2.12. The minimum Gasteiger partial charge on any atom is -0.396 e. The van der Waals surface area contributed by atoms with Crippen molar-refractivity contribution in [2.75, 3.05) is 6.61 Å². The largest absolute Gasteiger partial charge is 0.396 e. The molecule has 0 radical (unpaired) electrons. The Kier molecular flexibility index (Phi) is 3.52. The summed E-state index contributed by atoms with van der Waals surface area (Å²) in [6.45, 7) is 9.52. The quantitative estimate of drug-likeness (QED) is 0.766. The molecule has 4 aliphatic rings. The van der Waals surface area contributed by atoms with E-state index in [0.717, 1.165) is 12.8 Å². The summed E-state index contributed by atoms with van der Waals surface area (Å²) in [4.78, 5) is 0. The monoisotopic (exact) mass is 322 g/mol. The van der Waals surface area contributed by atoms with Gasteiger partial charge in [-0.1, -0.05) is 34.1 Å². The highest BCUT2D eigenvalue weighted by Gasteiger charge is 2.76. The van der Waals surface area contributed by atoms with E-state index in [4.69, 9.17) is 4.74 Å². The van der Waals surface area contributed by atoms with Crippen LogP contribution in [0.3, 0.4) is 0 Å². The van der Waals surface area contributed by atoms with E-state index in [1.165, 1.54) is 25.7 Å². The molecule has 0 amide bonds. The Hall–Kier alpha value is -0.120. The molecule has 3 heteroatoms. The highest BCUT2D eigenvalue weighted by Crippen LogP contribution is 2.71. The van der Waals surface area contributed by atoms with Gasteiger partial charge in [0.15, 0.2) is 0 Å². The van der Waals surface area contributed by atoms with Crippen LogP contribution < -0.4 is 0 Å². The van der Waals surface area contributed by atoms with Gasteiger partial charge in [-0.05, 0) is 66.6 Å². The minimum atomic E-state index is -0.346. The lowest BCUT2D eigenvalue weighted by Crippen LogP contribution is -2.63. The van der Waals surface area contributed by atoms with Gasteiger partial charge in [-0.3, -0.25) is 0 Å². The van der Waals surface area contributed by atoms with Crippen LogP contribution in [0.4, 0.5) is 0 Å². The fraction of sp³-hybridized carbons (Fsp3) is 1.00. The molecule has 23 heavy (non-hydrogen) atoms. The van der Waals surface area contributed by atoms with Crippen LogP contribution >= 0.6 is 0 Å². The van der Waals surface area contributed by atoms with Gasteiger partial charge in [0.1, 0.15) is 5.60 Å². The number of rotatable bonds is 2. The zero-order valence-corrected chi connectivity index (χ0v) is 15.2. The summed E-state index contributed by atoms with van der Waals surface area (Å²) in [5.41, 5.74) is -0.0767. The number of hydrogen-bond donors (Lipinski definition) is 2. The van der Waals surface area contributed by atoms with E-state index in [9.17, 15) is 10.2 Å². The lowest BCUT2D eigenvalue weighted by atomic mass is 9.43. The van der Waals surface area contributed by atoms with E-state index < -0.39 is 0 Å². The molecule has 3 aliphatic carbocycles. The second-order valence-corrected chi connectivity index (χ2v) is 9.91. The summed E-state index contributed by atoms with van der Waals surface area (Å²) in [6, 6.07) is 0. The second-order valence-electron chi connectivity index (χ2n) is 9.91. The number of aliphatic hydroxyl groups is 2. The van der Waals surface area contributed by atoms with Crippen LogP contribution in [0.1, 0.15) is 66.2 Å². The standard InChI is InChI=1S/C20H34O3/c1-12(2)13-6-7-14-19(4)9-5-8-18(3,11-21)15(19)10-16(22)20(14)17(13)23-20/h12-17,21-22H,5-11H2,1-4H3/t13-,14+,15-,16+,17-,18-,19+,20-/m0/s1. The number of aliphatic hydroxyl groups excluding tert-OH is 2. The van der Waals surface area contributed by atoms with Gasteiger partial charge < -0.3 is 14.9 Å². The van der Waals surface area contributed by atoms with Crippen molar-refractivity contribution in [1.29, 1.82) is 0 Å². The Morgan fingerprint density at radius 3 is 2.52 bits per heavy atom. The first-order valence-electron chi connectivity index (χ1n) is 9.76. The molecule has 0 aromatic carbocycles. The second kappa shape index (κ2) is 4.95. The Morgan fingerprint density at radius 1 is 1.13 bits per heavy atom. The number of ether oxygens (including phenoxy) is 1. The van der Waals surface area contributed by atoms with Gasteiger partial charge in [0.25, 0.3) is 0 Å². The number of hydrogen-bond acceptors (Lipinski definition) is 3. The van der Waals surface area contributed by atoms with Gasteiger partial charge in [-0.25, -0.2) is 0 Å². The first-order chi connectivity index (χ1) is 10.8. The molecule has 0 bridgehead atoms. The molecule has 3 saturated carbocycles. The third kappa shape index (κ3) is 1.93. The van der Waals surface area contributed by atoms with E-state index in [2.05, 4.69) is 27.7 Å². The van der Waals surface area contributed by atoms with Crippen LogP contribution in [0.5, 0.6) is 0 Å². The number of fused-ring (bicyclic) bond motifs is 2. The van der Waals surface area contributed by atoms with Crippen LogP contribution in [-0.4, -0.2) is 34.6 Å². The maximum absolute atomic E-state index is 11.1. The lowest BCUT2D eigenvalue weighted by molar-refractivity contribution is -0.171. The van der Waals surface area contributed by atoms with Crippen molar-refractivity contribution in [3.63, 3.8) is 0 Å². The average Bonchev–Trinajstić information content (AvgIpc) is 3.25. The molecule has 0 unspecified atom stereocenters. The molecule has 4 fully saturated rings. The lowest BCUT2D eigenvalue weighted by Gasteiger charge is -2.61. The van der Waals surface area contributed by atoms with Crippen molar-refractivity contribution < 1.29 is 14.9 Å². The van der Waals surface area contributed by atoms with Gasteiger partial charge >= 0.3 is 0 Å². The molecule has 0 aromatic rings. The molecule has 3 nitrogen and oxygen atoms in total. The molecule has 4 rings (SSSR count). The van der Waals surface area contributed by atoms with Crippen molar-refractivity contribution in [2.45, 2.75) is 84.0 Å². The van der Waals surface area contributed by atoms with Crippen molar-refractivity contribution >= 4 is 0 Å². The van der Waals surface area contributed by atoms with Crippen molar-refractivity contribution in [3.05, 3.63) is 0 Å². The summed E-state index contributed by atoms with van der Waals surface area (Å²) in [6.07, 6.45) is 6.68. The van der Waals surface area contributed by atoms with Crippen LogP contribution in [-0.2, 0) is 4.74 Å². The van der Waals surface area contributed by atoms with Gasteiger partial charge in [0, 0.05) is 6.61 Å². The molecule has 1 spiro atoms. The third-order valence-electron chi connectivity index (χ3n) is 8.53. The fourth-order valence-electron chi connectivity index (χ4n) is 7.24. The Bertz CT molecular complexity index is 491. The first-order valence-corrected chi connectivity index (χ1v) is 9.76. The smallest absolute Gasteiger partial charge is 0.124 e. The molecule has 8 atom stereocenters. The Labute approximate surface area is 140 Å². The zero-order chi connectivity index (χ0) is 16.6. The van der Waals surface area contributed by atoms with Crippen LogP contribution in [0.25, 0.3) is 0 Å². The van der Waals surface area contributed by atoms with Crippen LogP contribution in [0, 0.1) is 34.5 Å². The topological polar surface area (TPSA) is 53.0 Å². The number of epoxide rings is 1. The fourth-order valence-corrected chi connectivity index (χ4v) is 7.24. The van der Waals surface area contributed by atoms with E-state index in [1.54, 1.807) is 0 Å². The predicted molar refractivity (Wildman–Crippen MR) is 89.9 cm³/mol. The van der Waals surface area contributed by atoms with Gasteiger partial charge in [-0.15, -0.1) is 0 Å². The summed E-state index contributed by atoms with van der Waals surface area (Å²) in [5, 5.41) is 21.1. The highest BCUT2D eigenvalue weighted by atomic mass is 16.6. The molecule has 0 aromatic heterocycles. The van der Waals surface area contributed by atoms with Crippen molar-refractivity contribution in [2.24, 2.45) is 34.5 Å². The summed E-state index contributed by atoms with van der Waals surface area (Å²) < 4.78 is 6.36. The molecular weight excluding hydrogens is 288 g/mol. The average molecular weight is 322 g/mol. The van der Waals surface area contributed by atoms with E-state index >= 15 is 0 Å². The van der Waals surface area contributed by atoms with Crippen LogP contribution in [0.15, 0.2) is 0 Å². The van der Waals surface area contributed by atoms with Gasteiger partial charge in [-0.2, -0.15) is 0 Å². The molecule has 1 heterocycles. The third-order valence-corrected chi connectivity index (χ3v) is 8.53. The van der Waals surface area contributed by atoms with E-state index in [0.29, 0.717) is 23.7 Å². The molecule has 132 valence electrons. The molecule has 2 N–H and O–H groups in total. The summed E-state index contributed by atoms with van der Waals surface area (Å²) >= 11 is 0. The maximum Gasteiger partial charge on any atom is 0.124 e. The van der Waals surface area contributed by atoms with Crippen molar-refractivity contribution in [3.8, 4) is 0 Å². The van der Waals surface area contributed by atoms with E-state index in [-0.39, 0.29) is 35.2 Å². The van der Waals surface area contributed by atoms with Gasteiger partial charge in [0.05, 0.1) is 12.2 Å². The molecule has 1 saturated heterocycles. The van der Waals surface area contributed by atoms with Crippen LogP contribution in [0.2, 0.25) is 0 Å². The zero-order valence-electron chi connectivity index (χ0n) is 15.2. The summed E-state index contributed by atoms with van der Waals surface area (Å²) in [7, 11) is 0. The Balaban J connectivity index is 1.70. The molecule has 1 aliphatic heterocycles. The molecular formula is C20H34O3. The van der Waals surface area contributed by atoms with Gasteiger partial charge in [0.2, 0.25) is 0 Å². The normalized spacial score (nSPS) is 58.3. The minimum absolute atomic E-state index is 0.0329. The SMILES string of the molecule is CC(C)[C@@H]1CC[C@@H]2[C@@]3(C)CCC[C@@](C)(CO)[C@@H]3C[C@@H](O)[C@@]23O[C@@H]13. The Morgan fingerprint density at radius 2 is 1.87 bits per heavy atom. The van der Waals surface area contributed by atoms with Crippen molar-refractivity contribution in [1.82, 2.24) is 0 Å². The highest BCUT2D eigenvalue weighted by molar-refractivity contribution is 5.24.